The smallest absolute Gasteiger partial charge is 0.336 e. The van der Waals surface area contributed by atoms with Crippen molar-refractivity contribution >= 4 is 23.1 Å². The highest BCUT2D eigenvalue weighted by atomic mass is 16.4. The summed E-state index contributed by atoms with van der Waals surface area (Å²) in [5.41, 5.74) is 3.35. The van der Waals surface area contributed by atoms with Crippen LogP contribution < -0.4 is 5.63 Å². The normalized spacial score (nSPS) is 11.2. The van der Waals surface area contributed by atoms with Crippen LogP contribution in [-0.4, -0.2) is 0 Å². The van der Waals surface area contributed by atoms with Crippen LogP contribution in [0.25, 0.3) is 23.1 Å². The minimum atomic E-state index is -0.323. The molecule has 0 fully saturated rings. The Morgan fingerprint density at radius 3 is 2.55 bits per heavy atom. The van der Waals surface area contributed by atoms with Crippen molar-refractivity contribution in [2.75, 3.05) is 0 Å². The van der Waals surface area contributed by atoms with Gasteiger partial charge in [0.2, 0.25) is 0 Å². The van der Waals surface area contributed by atoms with Crippen molar-refractivity contribution in [2.45, 2.75) is 6.92 Å². The second kappa shape index (κ2) is 5.17. The molecule has 0 unspecified atom stereocenters. The number of aryl methyl sites for hydroxylation is 1. The summed E-state index contributed by atoms with van der Waals surface area (Å²) in [5, 5.41) is 0.947. The lowest BCUT2D eigenvalue weighted by Crippen LogP contribution is -1.97. The Labute approximate surface area is 117 Å². The van der Waals surface area contributed by atoms with E-state index in [1.165, 1.54) is 6.07 Å². The fourth-order valence-electron chi connectivity index (χ4n) is 2.18. The maximum atomic E-state index is 11.6. The average Bonchev–Trinajstić information content (AvgIpc) is 2.45. The number of rotatable bonds is 2. The lowest BCUT2D eigenvalue weighted by molar-refractivity contribution is 0.560. The zero-order valence-electron chi connectivity index (χ0n) is 11.2. The first-order chi connectivity index (χ1) is 9.72. The Bertz CT molecular complexity index is 827. The molecule has 0 aliphatic carbocycles. The van der Waals surface area contributed by atoms with Crippen LogP contribution in [0.1, 0.15) is 16.7 Å². The monoisotopic (exact) mass is 262 g/mol. The van der Waals surface area contributed by atoms with Crippen LogP contribution in [0.15, 0.2) is 63.8 Å². The minimum absolute atomic E-state index is 0.323. The van der Waals surface area contributed by atoms with E-state index < -0.39 is 0 Å². The molecule has 3 aromatic rings. The van der Waals surface area contributed by atoms with E-state index in [0.717, 1.165) is 22.1 Å². The van der Waals surface area contributed by atoms with E-state index in [9.17, 15) is 4.79 Å². The van der Waals surface area contributed by atoms with Gasteiger partial charge in [0.25, 0.3) is 0 Å². The molecule has 0 aliphatic heterocycles. The third-order valence-corrected chi connectivity index (χ3v) is 3.19. The van der Waals surface area contributed by atoms with Gasteiger partial charge in [0.15, 0.2) is 0 Å². The molecule has 20 heavy (non-hydrogen) atoms. The lowest BCUT2D eigenvalue weighted by Gasteiger charge is -2.02. The Balaban J connectivity index is 2.12. The van der Waals surface area contributed by atoms with E-state index in [4.69, 9.17) is 4.42 Å². The summed E-state index contributed by atoms with van der Waals surface area (Å²) in [4.78, 5) is 11.6. The predicted octanol–water partition coefficient (Wildman–Crippen LogP) is 4.27. The fourth-order valence-corrected chi connectivity index (χ4v) is 2.18. The maximum absolute atomic E-state index is 11.6. The summed E-state index contributed by atoms with van der Waals surface area (Å²) < 4.78 is 5.25. The van der Waals surface area contributed by atoms with E-state index in [0.29, 0.717) is 5.58 Å². The first-order valence-electron chi connectivity index (χ1n) is 6.50. The molecule has 0 N–H and O–H groups in total. The van der Waals surface area contributed by atoms with Gasteiger partial charge in [-0.15, -0.1) is 0 Å². The number of fused-ring (bicyclic) bond motifs is 1. The van der Waals surface area contributed by atoms with Gasteiger partial charge in [0.05, 0.1) is 0 Å². The predicted molar refractivity (Wildman–Crippen MR) is 82.6 cm³/mol. The van der Waals surface area contributed by atoms with Crippen LogP contribution in [0.2, 0.25) is 0 Å². The van der Waals surface area contributed by atoms with E-state index >= 15 is 0 Å². The van der Waals surface area contributed by atoms with Crippen LogP contribution in [0, 0.1) is 6.92 Å². The zero-order valence-corrected chi connectivity index (χ0v) is 11.2. The Morgan fingerprint density at radius 1 is 0.950 bits per heavy atom. The lowest BCUT2D eigenvalue weighted by atomic mass is 10.1. The average molecular weight is 262 g/mol. The van der Waals surface area contributed by atoms with Gasteiger partial charge in [-0.05, 0) is 29.7 Å². The Morgan fingerprint density at radius 2 is 1.75 bits per heavy atom. The van der Waals surface area contributed by atoms with E-state index in [-0.39, 0.29) is 5.63 Å². The van der Waals surface area contributed by atoms with E-state index in [1.54, 1.807) is 0 Å². The quantitative estimate of drug-likeness (QED) is 0.645. The van der Waals surface area contributed by atoms with Gasteiger partial charge in [-0.25, -0.2) is 4.79 Å². The molecular formula is C18H14O2. The topological polar surface area (TPSA) is 30.2 Å². The summed E-state index contributed by atoms with van der Waals surface area (Å²) in [6.07, 6.45) is 3.94. The molecule has 2 aromatic carbocycles. The molecule has 0 atom stereocenters. The summed E-state index contributed by atoms with van der Waals surface area (Å²) in [5.74, 6) is 0. The molecule has 2 nitrogen and oxygen atoms in total. The number of hydrogen-bond acceptors (Lipinski definition) is 2. The van der Waals surface area contributed by atoms with Gasteiger partial charge in [-0.2, -0.15) is 0 Å². The van der Waals surface area contributed by atoms with Crippen molar-refractivity contribution in [1.82, 2.24) is 0 Å². The van der Waals surface area contributed by atoms with Crippen LogP contribution in [-0.2, 0) is 0 Å². The third kappa shape index (κ3) is 2.54. The van der Waals surface area contributed by atoms with Gasteiger partial charge < -0.3 is 4.42 Å². The highest BCUT2D eigenvalue weighted by Crippen LogP contribution is 2.20. The van der Waals surface area contributed by atoms with Crippen LogP contribution in [0.3, 0.4) is 0 Å². The molecule has 98 valence electrons. The summed E-state index contributed by atoms with van der Waals surface area (Å²) in [6, 6.07) is 17.4. The first-order valence-corrected chi connectivity index (χ1v) is 6.50. The minimum Gasteiger partial charge on any atom is -0.423 e. The maximum Gasteiger partial charge on any atom is 0.336 e. The van der Waals surface area contributed by atoms with Crippen LogP contribution >= 0.6 is 0 Å². The molecule has 0 spiro atoms. The van der Waals surface area contributed by atoms with Gasteiger partial charge in [-0.3, -0.25) is 0 Å². The second-order valence-electron chi connectivity index (χ2n) is 4.76. The van der Waals surface area contributed by atoms with Gasteiger partial charge >= 0.3 is 5.63 Å². The molecular weight excluding hydrogens is 248 g/mol. The van der Waals surface area contributed by atoms with Gasteiger partial charge in [-0.1, -0.05) is 54.6 Å². The Hall–Kier alpha value is -2.61. The van der Waals surface area contributed by atoms with Crippen molar-refractivity contribution in [3.8, 4) is 0 Å². The van der Waals surface area contributed by atoms with E-state index in [2.05, 4.69) is 0 Å². The summed E-state index contributed by atoms with van der Waals surface area (Å²) in [7, 11) is 0. The van der Waals surface area contributed by atoms with E-state index in [1.807, 2.05) is 67.6 Å². The second-order valence-corrected chi connectivity index (χ2v) is 4.76. The molecule has 0 saturated carbocycles. The summed E-state index contributed by atoms with van der Waals surface area (Å²) in [6.45, 7) is 1.98. The van der Waals surface area contributed by atoms with Crippen molar-refractivity contribution in [1.29, 1.82) is 0 Å². The highest BCUT2D eigenvalue weighted by molar-refractivity contribution is 5.89. The van der Waals surface area contributed by atoms with Crippen molar-refractivity contribution in [3.63, 3.8) is 0 Å². The zero-order chi connectivity index (χ0) is 13.9. The van der Waals surface area contributed by atoms with Crippen molar-refractivity contribution in [3.05, 3.63) is 81.7 Å². The molecule has 1 aromatic heterocycles. The van der Waals surface area contributed by atoms with Crippen LogP contribution in [0.4, 0.5) is 0 Å². The van der Waals surface area contributed by atoms with Crippen LogP contribution in [0.5, 0.6) is 0 Å². The molecule has 0 aliphatic rings. The highest BCUT2D eigenvalue weighted by Gasteiger charge is 2.03. The SMILES string of the molecule is Cc1ccc2c(C=Cc3ccccc3)cc(=O)oc2c1. The third-order valence-electron chi connectivity index (χ3n) is 3.19. The molecule has 0 bridgehead atoms. The van der Waals surface area contributed by atoms with Crippen molar-refractivity contribution < 1.29 is 4.42 Å². The number of benzene rings is 2. The van der Waals surface area contributed by atoms with Crippen molar-refractivity contribution in [2.24, 2.45) is 0 Å². The molecule has 0 radical (unpaired) electrons. The van der Waals surface area contributed by atoms with Gasteiger partial charge in [0, 0.05) is 11.5 Å². The van der Waals surface area contributed by atoms with Gasteiger partial charge in [0.1, 0.15) is 5.58 Å². The standard InChI is InChI=1S/C18H14O2/c1-13-7-10-16-15(12-18(19)20-17(16)11-13)9-8-14-5-3-2-4-6-14/h2-12H,1H3. The first kappa shape index (κ1) is 12.4. The number of hydrogen-bond donors (Lipinski definition) is 0. The molecule has 0 amide bonds. The summed E-state index contributed by atoms with van der Waals surface area (Å²) >= 11 is 0. The molecule has 3 rings (SSSR count). The molecule has 1 heterocycles. The molecule has 2 heteroatoms. The fraction of sp³-hybridized carbons (Fsp3) is 0.0556. The Kier molecular flexibility index (Phi) is 3.21. The molecule has 0 saturated heterocycles. The largest absolute Gasteiger partial charge is 0.423 e.